The van der Waals surface area contributed by atoms with Gasteiger partial charge in [0.25, 0.3) is 0 Å². The maximum Gasteiger partial charge on any atom is 0.226 e. The predicted octanol–water partition coefficient (Wildman–Crippen LogP) is 2.63. The zero-order chi connectivity index (χ0) is 17.1. The van der Waals surface area contributed by atoms with E-state index in [1.807, 2.05) is 13.0 Å². The largest absolute Gasteiger partial charge is 0.355 e. The van der Waals surface area contributed by atoms with Gasteiger partial charge in [-0.05, 0) is 36.6 Å². The third-order valence-electron chi connectivity index (χ3n) is 4.08. The minimum Gasteiger partial charge on any atom is -0.355 e. The van der Waals surface area contributed by atoms with Crippen LogP contribution in [0.15, 0.2) is 36.7 Å². The van der Waals surface area contributed by atoms with Crippen LogP contribution in [0.5, 0.6) is 0 Å². The van der Waals surface area contributed by atoms with Crippen molar-refractivity contribution >= 4 is 29.1 Å². The van der Waals surface area contributed by atoms with Crippen LogP contribution in [0.3, 0.4) is 0 Å². The summed E-state index contributed by atoms with van der Waals surface area (Å²) in [7, 11) is 0. The lowest BCUT2D eigenvalue weighted by molar-refractivity contribution is -0.122. The summed E-state index contributed by atoms with van der Waals surface area (Å²) in [5.41, 5.74) is 1.36. The molecule has 1 heterocycles. The molecule has 2 unspecified atom stereocenters. The van der Waals surface area contributed by atoms with Crippen molar-refractivity contribution in [2.45, 2.75) is 19.8 Å². The first-order valence-corrected chi connectivity index (χ1v) is 8.29. The van der Waals surface area contributed by atoms with Crippen LogP contribution in [0.1, 0.15) is 19.8 Å². The molecule has 1 saturated carbocycles. The molecule has 126 valence electrons. The molecule has 0 saturated heterocycles. The second-order valence-electron chi connectivity index (χ2n) is 6.03. The zero-order valence-electron chi connectivity index (χ0n) is 13.3. The SMILES string of the molecule is CC1CC1C(=O)NCCC(=O)Nc1ccc(-n2cccn2)c(Cl)c1. The van der Waals surface area contributed by atoms with Gasteiger partial charge >= 0.3 is 0 Å². The van der Waals surface area contributed by atoms with E-state index in [-0.39, 0.29) is 24.2 Å². The van der Waals surface area contributed by atoms with Crippen LogP contribution in [0.2, 0.25) is 5.02 Å². The fourth-order valence-corrected chi connectivity index (χ4v) is 2.79. The van der Waals surface area contributed by atoms with Gasteiger partial charge < -0.3 is 10.6 Å². The lowest BCUT2D eigenvalue weighted by atomic mass is 10.2. The number of aromatic nitrogens is 2. The van der Waals surface area contributed by atoms with Gasteiger partial charge in [-0.25, -0.2) is 4.68 Å². The van der Waals surface area contributed by atoms with Gasteiger partial charge in [0.2, 0.25) is 11.8 Å². The molecule has 0 radical (unpaired) electrons. The van der Waals surface area contributed by atoms with Crippen LogP contribution in [-0.4, -0.2) is 28.1 Å². The molecule has 6 nitrogen and oxygen atoms in total. The molecule has 7 heteroatoms. The van der Waals surface area contributed by atoms with E-state index in [0.29, 0.717) is 23.2 Å². The second-order valence-corrected chi connectivity index (χ2v) is 6.43. The number of amides is 2. The van der Waals surface area contributed by atoms with Crippen LogP contribution in [-0.2, 0) is 9.59 Å². The Kier molecular flexibility index (Phi) is 4.85. The van der Waals surface area contributed by atoms with Gasteiger partial charge in [0, 0.05) is 37.0 Å². The number of benzene rings is 1. The molecule has 2 aromatic rings. The van der Waals surface area contributed by atoms with Gasteiger partial charge in [-0.1, -0.05) is 18.5 Å². The van der Waals surface area contributed by atoms with Gasteiger partial charge in [0.1, 0.15) is 0 Å². The number of hydrogen-bond acceptors (Lipinski definition) is 3. The number of rotatable bonds is 6. The Morgan fingerprint density at radius 2 is 2.21 bits per heavy atom. The fraction of sp³-hybridized carbons (Fsp3) is 0.353. The van der Waals surface area contributed by atoms with E-state index in [1.165, 1.54) is 0 Å². The van der Waals surface area contributed by atoms with Crippen molar-refractivity contribution in [3.8, 4) is 5.69 Å². The third kappa shape index (κ3) is 3.94. The van der Waals surface area contributed by atoms with Crippen molar-refractivity contribution in [2.24, 2.45) is 11.8 Å². The molecule has 1 fully saturated rings. The lowest BCUT2D eigenvalue weighted by Gasteiger charge is -2.09. The normalized spacial score (nSPS) is 18.9. The number of halogens is 1. The number of anilines is 1. The van der Waals surface area contributed by atoms with E-state index in [4.69, 9.17) is 11.6 Å². The first kappa shape index (κ1) is 16.5. The van der Waals surface area contributed by atoms with E-state index >= 15 is 0 Å². The summed E-state index contributed by atoms with van der Waals surface area (Å²) < 4.78 is 1.66. The molecule has 1 aliphatic carbocycles. The number of hydrogen-bond donors (Lipinski definition) is 2. The minimum absolute atomic E-state index is 0.0434. The Morgan fingerprint density at radius 3 is 2.83 bits per heavy atom. The van der Waals surface area contributed by atoms with Gasteiger partial charge in [-0.2, -0.15) is 5.10 Å². The first-order chi connectivity index (χ1) is 11.5. The number of nitrogens with one attached hydrogen (secondary N) is 2. The number of carbonyl (C=O) groups is 2. The van der Waals surface area contributed by atoms with Gasteiger partial charge in [0.05, 0.1) is 10.7 Å². The van der Waals surface area contributed by atoms with Crippen LogP contribution in [0, 0.1) is 11.8 Å². The van der Waals surface area contributed by atoms with E-state index in [1.54, 1.807) is 35.3 Å². The van der Waals surface area contributed by atoms with E-state index < -0.39 is 0 Å². The maximum absolute atomic E-state index is 11.9. The Labute approximate surface area is 145 Å². The molecule has 0 bridgehead atoms. The summed E-state index contributed by atoms with van der Waals surface area (Å²) >= 11 is 6.24. The monoisotopic (exact) mass is 346 g/mol. The summed E-state index contributed by atoms with van der Waals surface area (Å²) in [5, 5.41) is 10.2. The van der Waals surface area contributed by atoms with Gasteiger partial charge in [0.15, 0.2) is 0 Å². The van der Waals surface area contributed by atoms with Crippen molar-refractivity contribution in [2.75, 3.05) is 11.9 Å². The van der Waals surface area contributed by atoms with Crippen molar-refractivity contribution in [1.82, 2.24) is 15.1 Å². The molecule has 1 aromatic heterocycles. The summed E-state index contributed by atoms with van der Waals surface area (Å²) in [6, 6.07) is 7.05. The smallest absolute Gasteiger partial charge is 0.226 e. The van der Waals surface area contributed by atoms with Crippen molar-refractivity contribution < 1.29 is 9.59 Å². The van der Waals surface area contributed by atoms with Gasteiger partial charge in [-0.15, -0.1) is 0 Å². The van der Waals surface area contributed by atoms with E-state index in [9.17, 15) is 9.59 Å². The molecule has 0 aliphatic heterocycles. The zero-order valence-corrected chi connectivity index (χ0v) is 14.1. The Bertz CT molecular complexity index is 745. The Hall–Kier alpha value is -2.34. The van der Waals surface area contributed by atoms with Crippen LogP contribution < -0.4 is 10.6 Å². The fourth-order valence-electron chi connectivity index (χ4n) is 2.52. The number of nitrogens with zero attached hydrogens (tertiary/aromatic N) is 2. The Morgan fingerprint density at radius 1 is 1.42 bits per heavy atom. The van der Waals surface area contributed by atoms with Crippen molar-refractivity contribution in [1.29, 1.82) is 0 Å². The number of carbonyl (C=O) groups excluding carboxylic acids is 2. The highest BCUT2D eigenvalue weighted by Gasteiger charge is 2.38. The van der Waals surface area contributed by atoms with E-state index in [2.05, 4.69) is 15.7 Å². The topological polar surface area (TPSA) is 76.0 Å². The summed E-state index contributed by atoms with van der Waals surface area (Å²) in [6.07, 6.45) is 4.63. The van der Waals surface area contributed by atoms with Gasteiger partial charge in [-0.3, -0.25) is 9.59 Å². The molecule has 1 aromatic carbocycles. The third-order valence-corrected chi connectivity index (χ3v) is 4.38. The highest BCUT2D eigenvalue weighted by molar-refractivity contribution is 6.32. The van der Waals surface area contributed by atoms with Crippen LogP contribution >= 0.6 is 11.6 Å². The minimum atomic E-state index is -0.165. The average molecular weight is 347 g/mol. The summed E-state index contributed by atoms with van der Waals surface area (Å²) in [4.78, 5) is 23.6. The highest BCUT2D eigenvalue weighted by atomic mass is 35.5. The molecule has 3 rings (SSSR count). The molecular weight excluding hydrogens is 328 g/mol. The Balaban J connectivity index is 1.49. The maximum atomic E-state index is 11.9. The summed E-state index contributed by atoms with van der Waals surface area (Å²) in [6.45, 7) is 2.39. The molecule has 2 amide bonds. The molecule has 0 spiro atoms. The highest BCUT2D eigenvalue weighted by Crippen LogP contribution is 2.37. The quantitative estimate of drug-likeness (QED) is 0.844. The predicted molar refractivity (Wildman–Crippen MR) is 92.1 cm³/mol. The standard InChI is InChI=1S/C17H19ClN4O2/c1-11-9-13(11)17(24)19-7-5-16(23)21-12-3-4-15(14(18)10-12)22-8-2-6-20-22/h2-4,6,8,10-11,13H,5,7,9H2,1H3,(H,19,24)(H,21,23). The van der Waals surface area contributed by atoms with Crippen molar-refractivity contribution in [3.63, 3.8) is 0 Å². The molecule has 24 heavy (non-hydrogen) atoms. The lowest BCUT2D eigenvalue weighted by Crippen LogP contribution is -2.29. The summed E-state index contributed by atoms with van der Waals surface area (Å²) in [5.74, 6) is 0.472. The van der Waals surface area contributed by atoms with Crippen molar-refractivity contribution in [3.05, 3.63) is 41.7 Å². The van der Waals surface area contributed by atoms with Crippen LogP contribution in [0.4, 0.5) is 5.69 Å². The average Bonchev–Trinajstić information content (AvgIpc) is 3.05. The first-order valence-electron chi connectivity index (χ1n) is 7.91. The molecular formula is C17H19ClN4O2. The molecule has 1 aliphatic rings. The second kappa shape index (κ2) is 7.05. The molecule has 2 N–H and O–H groups in total. The van der Waals surface area contributed by atoms with Crippen LogP contribution in [0.25, 0.3) is 5.69 Å². The van der Waals surface area contributed by atoms with E-state index in [0.717, 1.165) is 12.1 Å². The molecule has 2 atom stereocenters.